The Bertz CT molecular complexity index is 570. The predicted octanol–water partition coefficient (Wildman–Crippen LogP) is 4.83. The van der Waals surface area contributed by atoms with Crippen LogP contribution in [-0.4, -0.2) is 30.3 Å². The molecular weight excluding hydrogens is 282 g/mol. The average molecular weight is 313 g/mol. The summed E-state index contributed by atoms with van der Waals surface area (Å²) in [4.78, 5) is 13.7. The molecule has 1 aliphatic heterocycles. The van der Waals surface area contributed by atoms with E-state index in [1.54, 1.807) is 0 Å². The Morgan fingerprint density at radius 1 is 1.09 bits per heavy atom. The molecule has 0 aromatic heterocycles. The van der Waals surface area contributed by atoms with E-state index in [1.165, 1.54) is 22.3 Å². The van der Waals surface area contributed by atoms with E-state index in [0.717, 1.165) is 26.1 Å². The van der Waals surface area contributed by atoms with Crippen LogP contribution in [0.1, 0.15) is 65.0 Å². The number of carbonyl (C=O) groups is 1. The zero-order chi connectivity index (χ0) is 17.0. The zero-order valence-electron chi connectivity index (χ0n) is 15.4. The summed E-state index contributed by atoms with van der Waals surface area (Å²) in [6, 6.07) is 9.06. The van der Waals surface area contributed by atoms with Crippen molar-refractivity contribution in [2.24, 2.45) is 0 Å². The van der Waals surface area contributed by atoms with Gasteiger partial charge in [-0.1, -0.05) is 50.6 Å². The van der Waals surface area contributed by atoms with Gasteiger partial charge in [-0.05, 0) is 42.4 Å². The first kappa shape index (κ1) is 17.9. The molecule has 0 radical (unpaired) electrons. The van der Waals surface area contributed by atoms with E-state index >= 15 is 0 Å². The van der Waals surface area contributed by atoms with Crippen LogP contribution < -0.4 is 0 Å². The number of benzene rings is 1. The molecule has 2 rings (SSSR count). The summed E-state index contributed by atoms with van der Waals surface area (Å²) >= 11 is 0. The first-order valence-corrected chi connectivity index (χ1v) is 8.85. The Morgan fingerprint density at radius 3 is 2.17 bits per heavy atom. The minimum absolute atomic E-state index is 0.242. The fourth-order valence-electron chi connectivity index (χ4n) is 3.04. The highest BCUT2D eigenvalue weighted by molar-refractivity contribution is 5.79. The summed E-state index contributed by atoms with van der Waals surface area (Å²) in [5.74, 6) is 0.411. The number of rotatable bonds is 5. The van der Waals surface area contributed by atoms with Gasteiger partial charge in [0.25, 0.3) is 0 Å². The van der Waals surface area contributed by atoms with Gasteiger partial charge in [0.15, 0.2) is 0 Å². The Kier molecular flexibility index (Phi) is 5.80. The monoisotopic (exact) mass is 313 g/mol. The lowest BCUT2D eigenvalue weighted by Gasteiger charge is -2.27. The number of hydrogen-bond acceptors (Lipinski definition) is 2. The van der Waals surface area contributed by atoms with Crippen LogP contribution in [0.5, 0.6) is 0 Å². The quantitative estimate of drug-likeness (QED) is 0.776. The molecule has 0 aliphatic carbocycles. The zero-order valence-corrected chi connectivity index (χ0v) is 15.4. The van der Waals surface area contributed by atoms with E-state index < -0.39 is 0 Å². The highest BCUT2D eigenvalue weighted by Gasteiger charge is 2.18. The van der Waals surface area contributed by atoms with Gasteiger partial charge in [-0.25, -0.2) is 0 Å². The van der Waals surface area contributed by atoms with Gasteiger partial charge in [0.05, 0.1) is 0 Å². The van der Waals surface area contributed by atoms with Crippen LogP contribution in [0.4, 0.5) is 0 Å². The highest BCUT2D eigenvalue weighted by atomic mass is 16.1. The maximum atomic E-state index is 11.3. The second-order valence-corrected chi connectivity index (χ2v) is 7.53. The predicted molar refractivity (Wildman–Crippen MR) is 98.7 cm³/mol. The van der Waals surface area contributed by atoms with Crippen molar-refractivity contribution < 1.29 is 4.79 Å². The lowest BCUT2D eigenvalue weighted by Crippen LogP contribution is -2.35. The van der Waals surface area contributed by atoms with Gasteiger partial charge in [0.1, 0.15) is 5.78 Å². The molecule has 2 heteroatoms. The molecule has 1 fully saturated rings. The molecule has 1 aromatic carbocycles. The number of ketones is 1. The maximum absolute atomic E-state index is 11.3. The van der Waals surface area contributed by atoms with E-state index in [4.69, 9.17) is 0 Å². The van der Waals surface area contributed by atoms with Crippen LogP contribution in [0.15, 0.2) is 29.8 Å². The lowest BCUT2D eigenvalue weighted by molar-refractivity contribution is -0.121. The molecule has 0 spiro atoms. The summed E-state index contributed by atoms with van der Waals surface area (Å²) in [7, 11) is 0. The molecule has 2 nitrogen and oxygen atoms in total. The molecule has 1 saturated heterocycles. The van der Waals surface area contributed by atoms with Crippen molar-refractivity contribution in [3.8, 4) is 0 Å². The summed E-state index contributed by atoms with van der Waals surface area (Å²) in [5, 5.41) is 0. The molecule has 0 bridgehead atoms. The number of nitrogens with zero attached hydrogens (tertiary/aromatic N) is 1. The smallest absolute Gasteiger partial charge is 0.135 e. The van der Waals surface area contributed by atoms with Gasteiger partial charge in [-0.2, -0.15) is 0 Å². The third kappa shape index (κ3) is 4.54. The highest BCUT2D eigenvalue weighted by Crippen LogP contribution is 2.28. The third-order valence-electron chi connectivity index (χ3n) is 5.50. The van der Waals surface area contributed by atoms with Crippen molar-refractivity contribution in [2.75, 3.05) is 19.6 Å². The van der Waals surface area contributed by atoms with Crippen LogP contribution in [0.3, 0.4) is 0 Å². The number of hydrogen-bond donors (Lipinski definition) is 0. The van der Waals surface area contributed by atoms with E-state index in [2.05, 4.69) is 63.8 Å². The third-order valence-corrected chi connectivity index (χ3v) is 5.50. The molecule has 0 N–H and O–H groups in total. The maximum Gasteiger partial charge on any atom is 0.135 e. The molecule has 1 aromatic rings. The normalized spacial score (nSPS) is 18.0. The van der Waals surface area contributed by atoms with Crippen LogP contribution in [0, 0.1) is 0 Å². The Hall–Kier alpha value is -1.41. The first-order valence-electron chi connectivity index (χ1n) is 8.85. The summed E-state index contributed by atoms with van der Waals surface area (Å²) in [6.07, 6.45) is 2.58. The fourth-order valence-corrected chi connectivity index (χ4v) is 3.04. The minimum atomic E-state index is 0.242. The summed E-state index contributed by atoms with van der Waals surface area (Å²) in [5.41, 5.74) is 5.73. The van der Waals surface area contributed by atoms with Gasteiger partial charge in [-0.3, -0.25) is 9.69 Å². The molecule has 0 saturated carbocycles. The van der Waals surface area contributed by atoms with Crippen molar-refractivity contribution in [3.63, 3.8) is 0 Å². The van der Waals surface area contributed by atoms with Crippen LogP contribution in [-0.2, 0) is 10.2 Å². The van der Waals surface area contributed by atoms with E-state index in [-0.39, 0.29) is 5.41 Å². The first-order chi connectivity index (χ1) is 10.8. The SMILES string of the molecule is CCC(C)(C)c1ccc(C(C)=C(C)CN2CCC(=O)CC2)cc1. The average Bonchev–Trinajstić information content (AvgIpc) is 2.56. The van der Waals surface area contributed by atoms with E-state index in [9.17, 15) is 4.79 Å². The molecule has 0 atom stereocenters. The molecule has 126 valence electrons. The molecule has 23 heavy (non-hydrogen) atoms. The van der Waals surface area contributed by atoms with Crippen molar-refractivity contribution in [2.45, 2.75) is 59.3 Å². The Balaban J connectivity index is 2.08. The van der Waals surface area contributed by atoms with Crippen molar-refractivity contribution in [1.82, 2.24) is 4.90 Å². The summed E-state index contributed by atoms with van der Waals surface area (Å²) in [6.45, 7) is 14.1. The van der Waals surface area contributed by atoms with Gasteiger partial charge in [0.2, 0.25) is 0 Å². The molecule has 1 aliphatic rings. The molecular formula is C21H31NO. The van der Waals surface area contributed by atoms with Crippen LogP contribution in [0.2, 0.25) is 0 Å². The van der Waals surface area contributed by atoms with Crippen molar-refractivity contribution in [1.29, 1.82) is 0 Å². The van der Waals surface area contributed by atoms with Crippen LogP contribution >= 0.6 is 0 Å². The second kappa shape index (κ2) is 7.44. The summed E-state index contributed by atoms with van der Waals surface area (Å²) < 4.78 is 0. The minimum Gasteiger partial charge on any atom is -0.300 e. The number of piperidine rings is 1. The van der Waals surface area contributed by atoms with Crippen molar-refractivity contribution in [3.05, 3.63) is 41.0 Å². The topological polar surface area (TPSA) is 20.3 Å². The Labute approximate surface area is 141 Å². The number of Topliss-reactive ketones (excluding diaryl/α,β-unsaturated/α-hetero) is 1. The second-order valence-electron chi connectivity index (χ2n) is 7.53. The number of allylic oxidation sites excluding steroid dienone is 1. The van der Waals surface area contributed by atoms with Gasteiger partial charge in [-0.15, -0.1) is 0 Å². The number of carbonyl (C=O) groups excluding carboxylic acids is 1. The van der Waals surface area contributed by atoms with Crippen molar-refractivity contribution >= 4 is 11.4 Å². The Morgan fingerprint density at radius 2 is 1.65 bits per heavy atom. The molecule has 0 unspecified atom stereocenters. The van der Waals surface area contributed by atoms with Gasteiger partial charge >= 0.3 is 0 Å². The van der Waals surface area contributed by atoms with E-state index in [0.29, 0.717) is 18.6 Å². The molecule has 0 amide bonds. The largest absolute Gasteiger partial charge is 0.300 e. The van der Waals surface area contributed by atoms with E-state index in [1.807, 2.05) is 0 Å². The standard InChI is InChI=1S/C21H31NO/c1-6-21(4,5)19-9-7-18(8-10-19)17(3)16(2)15-22-13-11-20(23)12-14-22/h7-10H,6,11-15H2,1-5H3. The number of likely N-dealkylation sites (tertiary alicyclic amines) is 1. The molecule has 1 heterocycles. The fraction of sp³-hybridized carbons (Fsp3) is 0.571. The van der Waals surface area contributed by atoms with Gasteiger partial charge in [0, 0.05) is 32.5 Å². The van der Waals surface area contributed by atoms with Gasteiger partial charge < -0.3 is 0 Å². The van der Waals surface area contributed by atoms with Crippen LogP contribution in [0.25, 0.3) is 5.57 Å². The lowest BCUT2D eigenvalue weighted by atomic mass is 9.81.